The SMILES string of the molecule is COc1ccc(C[C@H]2CC[C@@H]3[C@H](C2)C[C@@H](C)C(=O)N3[C@H](C)c2ccccc2)cc1. The third-order valence-electron chi connectivity index (χ3n) is 7.12. The molecule has 0 spiro atoms. The van der Waals surface area contributed by atoms with Crippen molar-refractivity contribution < 1.29 is 9.53 Å². The van der Waals surface area contributed by atoms with Crippen LogP contribution in [0.3, 0.4) is 0 Å². The van der Waals surface area contributed by atoms with Gasteiger partial charge in [-0.2, -0.15) is 0 Å². The summed E-state index contributed by atoms with van der Waals surface area (Å²) < 4.78 is 5.28. The fraction of sp³-hybridized carbons (Fsp3) is 0.500. The average Bonchev–Trinajstić information content (AvgIpc) is 2.75. The first-order valence-corrected chi connectivity index (χ1v) is 11.1. The molecule has 2 fully saturated rings. The molecule has 1 saturated carbocycles. The standard InChI is InChI=1S/C26H33NO2/c1-18-15-23-17-21(16-20-9-12-24(29-3)13-10-20)11-14-25(23)27(26(18)28)19(2)22-7-5-4-6-8-22/h4-10,12-13,18-19,21,23,25H,11,14-17H2,1-3H3/t18-,19-,21-,23+,25-/m1/s1. The van der Waals surface area contributed by atoms with Crippen molar-refractivity contribution in [3.63, 3.8) is 0 Å². The van der Waals surface area contributed by atoms with Crippen molar-refractivity contribution in [2.24, 2.45) is 17.8 Å². The van der Waals surface area contributed by atoms with E-state index in [1.807, 2.05) is 6.07 Å². The van der Waals surface area contributed by atoms with Crippen LogP contribution < -0.4 is 4.74 Å². The number of amides is 1. The van der Waals surface area contributed by atoms with Crippen molar-refractivity contribution in [2.45, 2.75) is 58.0 Å². The molecule has 2 aromatic carbocycles. The average molecular weight is 392 g/mol. The molecule has 1 aliphatic heterocycles. The van der Waals surface area contributed by atoms with Crippen LogP contribution in [0.2, 0.25) is 0 Å². The number of hydrogen-bond donors (Lipinski definition) is 0. The number of methoxy groups -OCH3 is 1. The summed E-state index contributed by atoms with van der Waals surface area (Å²) in [5.41, 5.74) is 2.64. The van der Waals surface area contributed by atoms with E-state index in [-0.39, 0.29) is 12.0 Å². The summed E-state index contributed by atoms with van der Waals surface area (Å²) in [5, 5.41) is 0. The minimum absolute atomic E-state index is 0.127. The Balaban J connectivity index is 1.47. The summed E-state index contributed by atoms with van der Waals surface area (Å²) in [5.74, 6) is 2.71. The Labute approximate surface area is 175 Å². The van der Waals surface area contributed by atoms with Gasteiger partial charge in [-0.1, -0.05) is 49.4 Å². The summed E-state index contributed by atoms with van der Waals surface area (Å²) in [6, 6.07) is 19.6. The van der Waals surface area contributed by atoms with Gasteiger partial charge in [0.15, 0.2) is 0 Å². The molecule has 3 heteroatoms. The molecule has 1 heterocycles. The summed E-state index contributed by atoms with van der Waals surface area (Å²) in [6.45, 7) is 4.32. The molecule has 1 aliphatic carbocycles. The Bertz CT molecular complexity index is 816. The largest absolute Gasteiger partial charge is 0.497 e. The number of carbonyl (C=O) groups excluding carboxylic acids is 1. The van der Waals surface area contributed by atoms with Crippen LogP contribution in [0, 0.1) is 17.8 Å². The van der Waals surface area contributed by atoms with Crippen LogP contribution in [-0.4, -0.2) is 24.0 Å². The zero-order valence-electron chi connectivity index (χ0n) is 17.9. The lowest BCUT2D eigenvalue weighted by molar-refractivity contribution is -0.150. The topological polar surface area (TPSA) is 29.5 Å². The van der Waals surface area contributed by atoms with E-state index in [0.29, 0.717) is 23.8 Å². The molecule has 2 aromatic rings. The number of nitrogens with zero attached hydrogens (tertiary/aromatic N) is 1. The Morgan fingerprint density at radius 2 is 1.76 bits per heavy atom. The van der Waals surface area contributed by atoms with E-state index in [9.17, 15) is 4.79 Å². The highest BCUT2D eigenvalue weighted by Gasteiger charge is 2.44. The van der Waals surface area contributed by atoms with Crippen LogP contribution in [-0.2, 0) is 11.2 Å². The molecule has 0 N–H and O–H groups in total. The first-order valence-electron chi connectivity index (χ1n) is 11.1. The van der Waals surface area contributed by atoms with Gasteiger partial charge in [-0.05, 0) is 74.1 Å². The molecule has 0 bridgehead atoms. The number of fused-ring (bicyclic) bond motifs is 1. The second kappa shape index (κ2) is 8.61. The van der Waals surface area contributed by atoms with E-state index in [0.717, 1.165) is 25.0 Å². The number of likely N-dealkylation sites (tertiary alicyclic amines) is 1. The van der Waals surface area contributed by atoms with Crippen molar-refractivity contribution in [2.75, 3.05) is 7.11 Å². The lowest BCUT2D eigenvalue weighted by Crippen LogP contribution is -2.54. The third kappa shape index (κ3) is 4.19. The van der Waals surface area contributed by atoms with Crippen LogP contribution >= 0.6 is 0 Å². The Morgan fingerprint density at radius 3 is 2.45 bits per heavy atom. The van der Waals surface area contributed by atoms with Crippen LogP contribution in [0.15, 0.2) is 54.6 Å². The van der Waals surface area contributed by atoms with E-state index in [1.54, 1.807) is 7.11 Å². The van der Waals surface area contributed by atoms with Crippen LogP contribution in [0.1, 0.15) is 56.7 Å². The summed E-state index contributed by atoms with van der Waals surface area (Å²) in [7, 11) is 1.71. The minimum Gasteiger partial charge on any atom is -0.497 e. The van der Waals surface area contributed by atoms with Gasteiger partial charge in [-0.25, -0.2) is 0 Å². The maximum Gasteiger partial charge on any atom is 0.226 e. The molecule has 0 unspecified atom stereocenters. The quantitative estimate of drug-likeness (QED) is 0.659. The van der Waals surface area contributed by atoms with Gasteiger partial charge in [0.05, 0.1) is 13.2 Å². The monoisotopic (exact) mass is 391 g/mol. The summed E-state index contributed by atoms with van der Waals surface area (Å²) in [4.78, 5) is 15.4. The van der Waals surface area contributed by atoms with E-state index in [1.165, 1.54) is 24.0 Å². The second-order valence-electron chi connectivity index (χ2n) is 9.03. The molecular formula is C26H33NO2. The molecule has 1 saturated heterocycles. The van der Waals surface area contributed by atoms with Crippen molar-refractivity contribution >= 4 is 5.91 Å². The summed E-state index contributed by atoms with van der Waals surface area (Å²) >= 11 is 0. The van der Waals surface area contributed by atoms with Crippen molar-refractivity contribution in [1.29, 1.82) is 0 Å². The van der Waals surface area contributed by atoms with E-state index < -0.39 is 0 Å². The normalized spacial score (nSPS) is 28.0. The maximum atomic E-state index is 13.1. The molecule has 3 nitrogen and oxygen atoms in total. The van der Waals surface area contributed by atoms with Crippen molar-refractivity contribution in [3.8, 4) is 5.75 Å². The highest BCUT2D eigenvalue weighted by Crippen LogP contribution is 2.44. The van der Waals surface area contributed by atoms with Gasteiger partial charge in [-0.15, -0.1) is 0 Å². The summed E-state index contributed by atoms with van der Waals surface area (Å²) in [6.07, 6.45) is 5.73. The van der Waals surface area contributed by atoms with Gasteiger partial charge in [0.1, 0.15) is 5.75 Å². The maximum absolute atomic E-state index is 13.1. The van der Waals surface area contributed by atoms with E-state index >= 15 is 0 Å². The third-order valence-corrected chi connectivity index (χ3v) is 7.12. The number of carbonyl (C=O) groups is 1. The molecule has 0 radical (unpaired) electrons. The van der Waals surface area contributed by atoms with Crippen molar-refractivity contribution in [3.05, 3.63) is 65.7 Å². The van der Waals surface area contributed by atoms with Gasteiger partial charge >= 0.3 is 0 Å². The number of rotatable bonds is 5. The molecule has 2 aliphatic rings. The molecule has 5 atom stereocenters. The van der Waals surface area contributed by atoms with Gasteiger partial charge < -0.3 is 9.64 Å². The highest BCUT2D eigenvalue weighted by atomic mass is 16.5. The lowest BCUT2D eigenvalue weighted by Gasteiger charge is -2.50. The van der Waals surface area contributed by atoms with Gasteiger partial charge in [0.2, 0.25) is 5.91 Å². The number of hydrogen-bond acceptors (Lipinski definition) is 2. The van der Waals surface area contributed by atoms with Gasteiger partial charge in [0, 0.05) is 12.0 Å². The van der Waals surface area contributed by atoms with Gasteiger partial charge in [-0.3, -0.25) is 4.79 Å². The lowest BCUT2D eigenvalue weighted by atomic mass is 9.69. The van der Waals surface area contributed by atoms with E-state index in [4.69, 9.17) is 4.74 Å². The van der Waals surface area contributed by atoms with Gasteiger partial charge in [0.25, 0.3) is 0 Å². The molecule has 4 rings (SSSR count). The van der Waals surface area contributed by atoms with Crippen LogP contribution in [0.25, 0.3) is 0 Å². The minimum atomic E-state index is 0.127. The molecule has 1 amide bonds. The first-order chi connectivity index (χ1) is 14.1. The fourth-order valence-electron chi connectivity index (χ4n) is 5.59. The molecular weight excluding hydrogens is 358 g/mol. The molecule has 154 valence electrons. The smallest absolute Gasteiger partial charge is 0.226 e. The first kappa shape index (κ1) is 20.0. The zero-order chi connectivity index (χ0) is 20.4. The Hall–Kier alpha value is -2.29. The Kier molecular flexibility index (Phi) is 5.94. The highest BCUT2D eigenvalue weighted by molar-refractivity contribution is 5.80. The number of piperidine rings is 1. The molecule has 0 aromatic heterocycles. The Morgan fingerprint density at radius 1 is 1.03 bits per heavy atom. The predicted molar refractivity (Wildman–Crippen MR) is 117 cm³/mol. The molecule has 29 heavy (non-hydrogen) atoms. The second-order valence-corrected chi connectivity index (χ2v) is 9.03. The predicted octanol–water partition coefficient (Wildman–Crippen LogP) is 5.65. The van der Waals surface area contributed by atoms with Crippen LogP contribution in [0.5, 0.6) is 5.75 Å². The fourth-order valence-corrected chi connectivity index (χ4v) is 5.59. The zero-order valence-corrected chi connectivity index (χ0v) is 17.9. The van der Waals surface area contributed by atoms with E-state index in [2.05, 4.69) is 67.3 Å². The van der Waals surface area contributed by atoms with Crippen LogP contribution in [0.4, 0.5) is 0 Å². The number of benzene rings is 2. The number of ether oxygens (including phenoxy) is 1. The van der Waals surface area contributed by atoms with Crippen molar-refractivity contribution in [1.82, 2.24) is 4.90 Å².